The quantitative estimate of drug-likeness (QED) is 0.296. The summed E-state index contributed by atoms with van der Waals surface area (Å²) in [7, 11) is 1.18. The maximum absolute atomic E-state index is 13.5. The van der Waals surface area contributed by atoms with E-state index in [2.05, 4.69) is 9.64 Å². The van der Waals surface area contributed by atoms with Gasteiger partial charge in [0, 0.05) is 60.2 Å². The van der Waals surface area contributed by atoms with Gasteiger partial charge in [0.2, 0.25) is 0 Å². The summed E-state index contributed by atoms with van der Waals surface area (Å²) in [5.41, 5.74) is 0.554. The van der Waals surface area contributed by atoms with Gasteiger partial charge < -0.3 is 9.64 Å². The fraction of sp³-hybridized carbons (Fsp3) is 0.250. The average molecular weight is 484 g/mol. The Kier molecular flexibility index (Phi) is 6.99. The zero-order valence-corrected chi connectivity index (χ0v) is 19.2. The second-order valence-electron chi connectivity index (χ2n) is 7.86. The van der Waals surface area contributed by atoms with E-state index in [0.29, 0.717) is 32.7 Å². The molecule has 34 heavy (non-hydrogen) atoms. The number of amides is 1. The Morgan fingerprint density at radius 1 is 1.06 bits per heavy atom. The molecule has 4 rings (SSSR count). The highest BCUT2D eigenvalue weighted by Crippen LogP contribution is 2.29. The Morgan fingerprint density at radius 3 is 2.47 bits per heavy atom. The molecule has 0 unspecified atom stereocenters. The molecular weight excluding hydrogens is 461 g/mol. The molecule has 0 aliphatic carbocycles. The highest BCUT2D eigenvalue weighted by molar-refractivity contribution is 7.15. The zero-order valence-electron chi connectivity index (χ0n) is 18.4. The van der Waals surface area contributed by atoms with Gasteiger partial charge >= 0.3 is 5.97 Å². The first-order chi connectivity index (χ1) is 16.3. The number of nitro groups is 1. The number of hydrogen-bond acceptors (Lipinski definition) is 7. The highest BCUT2D eigenvalue weighted by Gasteiger charge is 2.25. The first-order valence-electron chi connectivity index (χ1n) is 10.6. The van der Waals surface area contributed by atoms with Crippen LogP contribution in [0.5, 0.6) is 0 Å². The van der Waals surface area contributed by atoms with Crippen LogP contribution in [0.25, 0.3) is 10.4 Å². The molecule has 1 aliphatic rings. The number of thiophene rings is 1. The van der Waals surface area contributed by atoms with Crippen molar-refractivity contribution in [3.8, 4) is 10.4 Å². The summed E-state index contributed by atoms with van der Waals surface area (Å²) in [6.07, 6.45) is 0. The molecule has 0 N–H and O–H groups in total. The van der Waals surface area contributed by atoms with Crippen LogP contribution in [0, 0.1) is 15.9 Å². The predicted molar refractivity (Wildman–Crippen MR) is 125 cm³/mol. The van der Waals surface area contributed by atoms with Gasteiger partial charge in [0.05, 0.1) is 17.6 Å². The number of nitrogens with zero attached hydrogens (tertiary/aromatic N) is 3. The smallest absolute Gasteiger partial charge is 0.338 e. The van der Waals surface area contributed by atoms with E-state index in [-0.39, 0.29) is 28.5 Å². The molecule has 176 valence electrons. The molecule has 0 spiro atoms. The number of piperazine rings is 1. The average Bonchev–Trinajstić information content (AvgIpc) is 3.31. The maximum atomic E-state index is 13.5. The predicted octanol–water partition coefficient (Wildman–Crippen LogP) is 4.21. The summed E-state index contributed by atoms with van der Waals surface area (Å²) in [4.78, 5) is 41.5. The number of benzene rings is 2. The molecule has 0 atom stereocenters. The minimum Gasteiger partial charge on any atom is -0.465 e. The van der Waals surface area contributed by atoms with Crippen LogP contribution in [0.4, 0.5) is 10.1 Å². The molecule has 10 heteroatoms. The number of carbonyl (C=O) groups excluding carboxylic acids is 2. The van der Waals surface area contributed by atoms with E-state index in [0.717, 1.165) is 21.4 Å². The molecule has 2 heterocycles. The van der Waals surface area contributed by atoms with Gasteiger partial charge in [-0.1, -0.05) is 12.1 Å². The Labute approximate surface area is 199 Å². The van der Waals surface area contributed by atoms with Crippen molar-refractivity contribution in [2.45, 2.75) is 6.54 Å². The Bertz CT molecular complexity index is 1240. The molecule has 1 amide bonds. The number of rotatable bonds is 6. The topological polar surface area (TPSA) is 93.0 Å². The van der Waals surface area contributed by atoms with Crippen LogP contribution < -0.4 is 0 Å². The van der Waals surface area contributed by atoms with Gasteiger partial charge in [-0.2, -0.15) is 0 Å². The van der Waals surface area contributed by atoms with Crippen LogP contribution in [-0.4, -0.2) is 59.9 Å². The van der Waals surface area contributed by atoms with Crippen molar-refractivity contribution < 1.29 is 23.6 Å². The first kappa shape index (κ1) is 23.5. The van der Waals surface area contributed by atoms with Gasteiger partial charge in [0.1, 0.15) is 5.82 Å². The third kappa shape index (κ3) is 5.29. The fourth-order valence-corrected chi connectivity index (χ4v) is 4.89. The first-order valence-corrected chi connectivity index (χ1v) is 11.4. The van der Waals surface area contributed by atoms with E-state index in [1.165, 1.54) is 31.4 Å². The number of ether oxygens (including phenoxy) is 1. The summed E-state index contributed by atoms with van der Waals surface area (Å²) in [6, 6.07) is 14.1. The molecule has 8 nitrogen and oxygen atoms in total. The van der Waals surface area contributed by atoms with Gasteiger partial charge in [-0.25, -0.2) is 9.18 Å². The molecule has 1 aliphatic heterocycles. The minimum atomic E-state index is -0.740. The molecule has 1 aromatic heterocycles. The van der Waals surface area contributed by atoms with E-state index in [1.807, 2.05) is 18.2 Å². The monoisotopic (exact) mass is 483 g/mol. The Morgan fingerprint density at radius 2 is 1.79 bits per heavy atom. The normalized spacial score (nSPS) is 14.1. The SMILES string of the molecule is COC(=O)c1cc(C(=O)N2CCN(Cc3ccc(-c4cccc(F)c4)s3)CC2)cc([N+](=O)[O-])c1. The summed E-state index contributed by atoms with van der Waals surface area (Å²) < 4.78 is 18.2. The van der Waals surface area contributed by atoms with Crippen molar-refractivity contribution in [1.29, 1.82) is 0 Å². The third-order valence-corrected chi connectivity index (χ3v) is 6.73. The largest absolute Gasteiger partial charge is 0.465 e. The molecule has 0 radical (unpaired) electrons. The van der Waals surface area contributed by atoms with Crippen molar-refractivity contribution in [2.24, 2.45) is 0 Å². The highest BCUT2D eigenvalue weighted by atomic mass is 32.1. The number of esters is 1. The van der Waals surface area contributed by atoms with Gasteiger partial charge in [0.15, 0.2) is 0 Å². The van der Waals surface area contributed by atoms with Crippen molar-refractivity contribution in [2.75, 3.05) is 33.3 Å². The lowest BCUT2D eigenvalue weighted by atomic mass is 10.1. The number of methoxy groups -OCH3 is 1. The zero-order chi connectivity index (χ0) is 24.2. The van der Waals surface area contributed by atoms with E-state index in [1.54, 1.807) is 22.3 Å². The van der Waals surface area contributed by atoms with Crippen LogP contribution in [0.2, 0.25) is 0 Å². The van der Waals surface area contributed by atoms with Crippen molar-refractivity contribution >= 4 is 28.9 Å². The van der Waals surface area contributed by atoms with Crippen LogP contribution in [0.15, 0.2) is 54.6 Å². The van der Waals surface area contributed by atoms with Crippen molar-refractivity contribution in [1.82, 2.24) is 9.80 Å². The number of hydrogen-bond donors (Lipinski definition) is 0. The molecule has 3 aromatic rings. The number of halogens is 1. The van der Waals surface area contributed by atoms with Crippen LogP contribution in [0.3, 0.4) is 0 Å². The number of nitro benzene ring substituents is 1. The maximum Gasteiger partial charge on any atom is 0.338 e. The lowest BCUT2D eigenvalue weighted by Crippen LogP contribution is -2.48. The molecule has 1 fully saturated rings. The van der Waals surface area contributed by atoms with Gasteiger partial charge in [-0.15, -0.1) is 11.3 Å². The standard InChI is InChI=1S/C24H22FN3O5S/c1-33-24(30)18-11-17(13-20(14-18)28(31)32)23(29)27-9-7-26(8-10-27)15-21-5-6-22(34-21)16-3-2-4-19(25)12-16/h2-6,11-14H,7-10,15H2,1H3. The van der Waals surface area contributed by atoms with E-state index >= 15 is 0 Å². The molecule has 0 saturated carbocycles. The van der Waals surface area contributed by atoms with Gasteiger partial charge in [-0.05, 0) is 35.9 Å². The summed E-state index contributed by atoms with van der Waals surface area (Å²) in [6.45, 7) is 2.90. The van der Waals surface area contributed by atoms with Crippen LogP contribution in [-0.2, 0) is 11.3 Å². The minimum absolute atomic E-state index is 0.0366. The van der Waals surface area contributed by atoms with Crippen LogP contribution in [0.1, 0.15) is 25.6 Å². The summed E-state index contributed by atoms with van der Waals surface area (Å²) >= 11 is 1.61. The Balaban J connectivity index is 1.39. The van der Waals surface area contributed by atoms with E-state index in [4.69, 9.17) is 0 Å². The summed E-state index contributed by atoms with van der Waals surface area (Å²) in [5, 5.41) is 11.2. The fourth-order valence-electron chi connectivity index (χ4n) is 3.85. The van der Waals surface area contributed by atoms with E-state index in [9.17, 15) is 24.1 Å². The van der Waals surface area contributed by atoms with Gasteiger partial charge in [-0.3, -0.25) is 19.8 Å². The van der Waals surface area contributed by atoms with Crippen molar-refractivity contribution in [3.05, 3.63) is 86.5 Å². The van der Waals surface area contributed by atoms with Crippen molar-refractivity contribution in [3.63, 3.8) is 0 Å². The Hall–Kier alpha value is -3.63. The molecule has 2 aromatic carbocycles. The van der Waals surface area contributed by atoms with Crippen LogP contribution >= 0.6 is 11.3 Å². The second-order valence-corrected chi connectivity index (χ2v) is 9.03. The lowest BCUT2D eigenvalue weighted by Gasteiger charge is -2.34. The third-order valence-electron chi connectivity index (χ3n) is 5.61. The number of non-ortho nitro benzene ring substituents is 1. The molecule has 0 bridgehead atoms. The second kappa shape index (κ2) is 10.1. The van der Waals surface area contributed by atoms with Gasteiger partial charge in [0.25, 0.3) is 11.6 Å². The lowest BCUT2D eigenvalue weighted by molar-refractivity contribution is -0.384. The number of carbonyl (C=O) groups is 2. The summed E-state index contributed by atoms with van der Waals surface area (Å²) in [5.74, 6) is -1.37. The molecule has 1 saturated heterocycles. The molecular formula is C24H22FN3O5S. The van der Waals surface area contributed by atoms with E-state index < -0.39 is 10.9 Å².